The van der Waals surface area contributed by atoms with E-state index in [2.05, 4.69) is 0 Å². The van der Waals surface area contributed by atoms with E-state index in [0.717, 1.165) is 5.56 Å². The van der Waals surface area contributed by atoms with Crippen LogP contribution in [0, 0.1) is 6.92 Å². The maximum absolute atomic E-state index is 13.2. The van der Waals surface area contributed by atoms with E-state index >= 15 is 0 Å². The van der Waals surface area contributed by atoms with Crippen molar-refractivity contribution < 1.29 is 18.7 Å². The second kappa shape index (κ2) is 9.28. The molecular weight excluding hydrogens is 428 g/mol. The van der Waals surface area contributed by atoms with Crippen molar-refractivity contribution in [1.82, 2.24) is 0 Å². The van der Waals surface area contributed by atoms with E-state index < -0.39 is 0 Å². The van der Waals surface area contributed by atoms with Gasteiger partial charge in [-0.25, -0.2) is 0 Å². The summed E-state index contributed by atoms with van der Waals surface area (Å²) >= 11 is 6.01. The third-order valence-electron chi connectivity index (χ3n) is 4.95. The number of aryl methyl sites for hydroxylation is 1. The van der Waals surface area contributed by atoms with E-state index in [4.69, 9.17) is 25.5 Å². The van der Waals surface area contributed by atoms with Gasteiger partial charge in [-0.15, -0.1) is 0 Å². The Morgan fingerprint density at radius 3 is 2.38 bits per heavy atom. The Hall–Kier alpha value is -3.57. The average molecular weight is 449 g/mol. The lowest BCUT2D eigenvalue weighted by atomic mass is 10.1. The van der Waals surface area contributed by atoms with Crippen molar-refractivity contribution in [1.29, 1.82) is 0 Å². The molecule has 4 aromatic rings. The van der Waals surface area contributed by atoms with Crippen molar-refractivity contribution in [2.45, 2.75) is 13.8 Å². The lowest BCUT2D eigenvalue weighted by Crippen LogP contribution is -2.17. The first-order valence-electron chi connectivity index (χ1n) is 10.2. The first-order valence-corrected chi connectivity index (χ1v) is 10.6. The summed E-state index contributed by atoms with van der Waals surface area (Å²) in [7, 11) is 0. The Kier molecular flexibility index (Phi) is 6.28. The van der Waals surface area contributed by atoms with Crippen LogP contribution in [0.1, 0.15) is 22.8 Å². The minimum Gasteiger partial charge on any atom is -0.494 e. The van der Waals surface area contributed by atoms with Gasteiger partial charge < -0.3 is 13.9 Å². The van der Waals surface area contributed by atoms with E-state index in [1.54, 1.807) is 60.7 Å². The summed E-state index contributed by atoms with van der Waals surface area (Å²) in [6.45, 7) is 4.04. The Labute approximate surface area is 190 Å². The fourth-order valence-corrected chi connectivity index (χ4v) is 3.46. The molecule has 1 heterocycles. The van der Waals surface area contributed by atoms with Crippen LogP contribution in [0.4, 0.5) is 0 Å². The van der Waals surface area contributed by atoms with E-state index in [-0.39, 0.29) is 29.3 Å². The van der Waals surface area contributed by atoms with Crippen LogP contribution in [0.15, 0.2) is 75.9 Å². The molecule has 162 valence electrons. The molecule has 0 amide bonds. The minimum atomic E-state index is -0.337. The molecule has 6 heteroatoms. The molecule has 0 spiro atoms. The fourth-order valence-electron chi connectivity index (χ4n) is 3.33. The molecule has 0 aliphatic heterocycles. The summed E-state index contributed by atoms with van der Waals surface area (Å²) < 4.78 is 17.2. The zero-order valence-electron chi connectivity index (χ0n) is 17.7. The second-order valence-corrected chi connectivity index (χ2v) is 7.70. The van der Waals surface area contributed by atoms with E-state index in [9.17, 15) is 9.59 Å². The highest BCUT2D eigenvalue weighted by atomic mass is 35.5. The van der Waals surface area contributed by atoms with Crippen LogP contribution in [0.5, 0.6) is 11.5 Å². The van der Waals surface area contributed by atoms with Gasteiger partial charge in [-0.05, 0) is 80.1 Å². The van der Waals surface area contributed by atoms with Crippen LogP contribution in [-0.2, 0) is 0 Å². The van der Waals surface area contributed by atoms with Crippen molar-refractivity contribution >= 4 is 28.4 Å². The van der Waals surface area contributed by atoms with Crippen LogP contribution in [0.25, 0.3) is 22.3 Å². The normalized spacial score (nSPS) is 10.8. The minimum absolute atomic E-state index is 0.0111. The second-order valence-electron chi connectivity index (χ2n) is 7.27. The van der Waals surface area contributed by atoms with Gasteiger partial charge in [0.05, 0.1) is 12.0 Å². The summed E-state index contributed by atoms with van der Waals surface area (Å²) in [4.78, 5) is 25.9. The highest BCUT2D eigenvalue weighted by molar-refractivity contribution is 6.30. The Balaban J connectivity index is 1.70. The summed E-state index contributed by atoms with van der Waals surface area (Å²) in [5, 5.41) is 0.942. The van der Waals surface area contributed by atoms with Gasteiger partial charge in [0.2, 0.25) is 11.2 Å². The largest absolute Gasteiger partial charge is 0.494 e. The predicted molar refractivity (Wildman–Crippen MR) is 125 cm³/mol. The molecule has 5 nitrogen and oxygen atoms in total. The van der Waals surface area contributed by atoms with Crippen LogP contribution in [-0.4, -0.2) is 19.0 Å². The van der Waals surface area contributed by atoms with Crippen molar-refractivity contribution in [3.05, 3.63) is 93.1 Å². The number of ketones is 1. The molecular formula is C26H21ClO5. The molecule has 0 atom stereocenters. The number of fused-ring (bicyclic) bond motifs is 1. The van der Waals surface area contributed by atoms with Crippen molar-refractivity contribution in [2.24, 2.45) is 0 Å². The maximum Gasteiger partial charge on any atom is 0.235 e. The first-order chi connectivity index (χ1) is 15.5. The molecule has 0 bridgehead atoms. The highest BCUT2D eigenvalue weighted by Crippen LogP contribution is 2.32. The molecule has 0 unspecified atom stereocenters. The summed E-state index contributed by atoms with van der Waals surface area (Å²) in [6.07, 6.45) is 0. The van der Waals surface area contributed by atoms with Gasteiger partial charge in [0.1, 0.15) is 11.3 Å². The van der Waals surface area contributed by atoms with Gasteiger partial charge in [-0.1, -0.05) is 17.7 Å². The molecule has 4 rings (SSSR count). The maximum atomic E-state index is 13.2. The number of halogens is 1. The molecule has 0 saturated carbocycles. The number of ether oxygens (including phenoxy) is 2. The first kappa shape index (κ1) is 21.7. The third-order valence-corrected chi connectivity index (χ3v) is 5.20. The Bertz CT molecular complexity index is 1320. The number of benzene rings is 3. The molecule has 32 heavy (non-hydrogen) atoms. The van der Waals surface area contributed by atoms with E-state index in [1.165, 1.54) is 0 Å². The number of carbonyl (C=O) groups is 1. The van der Waals surface area contributed by atoms with Crippen molar-refractivity contribution in [3.63, 3.8) is 0 Å². The molecule has 1 aromatic heterocycles. The van der Waals surface area contributed by atoms with Gasteiger partial charge >= 0.3 is 0 Å². The molecule has 0 saturated heterocycles. The standard InChI is InChI=1S/C26H21ClO5/c1-3-30-20-11-7-17(8-12-20)22(28)15-31-26-24(29)21-13-4-16(2)14-23(21)32-25(26)18-5-9-19(27)10-6-18/h4-14H,3,15H2,1-2H3. The zero-order chi connectivity index (χ0) is 22.7. The van der Waals surface area contributed by atoms with E-state index in [0.29, 0.717) is 39.5 Å². The molecule has 0 N–H and O–H groups in total. The van der Waals surface area contributed by atoms with Gasteiger partial charge in [-0.3, -0.25) is 9.59 Å². The van der Waals surface area contributed by atoms with Gasteiger partial charge in [0.15, 0.2) is 18.2 Å². The lowest BCUT2D eigenvalue weighted by Gasteiger charge is -2.12. The third kappa shape index (κ3) is 4.53. The number of rotatable bonds is 7. The van der Waals surface area contributed by atoms with Crippen LogP contribution >= 0.6 is 11.6 Å². The summed E-state index contributed by atoms with van der Waals surface area (Å²) in [6, 6.07) is 19.0. The van der Waals surface area contributed by atoms with Crippen LogP contribution < -0.4 is 14.9 Å². The number of hydrogen-bond acceptors (Lipinski definition) is 5. The molecule has 3 aromatic carbocycles. The number of hydrogen-bond donors (Lipinski definition) is 0. The molecule has 0 fully saturated rings. The number of Topliss-reactive ketones (excluding diaryl/α,β-unsaturated/α-hetero) is 1. The highest BCUT2D eigenvalue weighted by Gasteiger charge is 2.19. The fraction of sp³-hybridized carbons (Fsp3) is 0.154. The van der Waals surface area contributed by atoms with Gasteiger partial charge in [-0.2, -0.15) is 0 Å². The Morgan fingerprint density at radius 1 is 0.969 bits per heavy atom. The lowest BCUT2D eigenvalue weighted by molar-refractivity contribution is 0.0920. The zero-order valence-corrected chi connectivity index (χ0v) is 18.4. The summed E-state index contributed by atoms with van der Waals surface area (Å²) in [5.41, 5.74) is 2.16. The average Bonchev–Trinajstić information content (AvgIpc) is 2.79. The molecule has 0 radical (unpaired) electrons. The predicted octanol–water partition coefficient (Wildman–Crippen LogP) is 6.08. The van der Waals surface area contributed by atoms with Crippen LogP contribution in [0.3, 0.4) is 0 Å². The molecule has 0 aliphatic rings. The summed E-state index contributed by atoms with van der Waals surface area (Å²) in [5.74, 6) is 0.659. The topological polar surface area (TPSA) is 65.7 Å². The quantitative estimate of drug-likeness (QED) is 0.320. The monoisotopic (exact) mass is 448 g/mol. The van der Waals surface area contributed by atoms with Crippen LogP contribution in [0.2, 0.25) is 5.02 Å². The van der Waals surface area contributed by atoms with Gasteiger partial charge in [0.25, 0.3) is 0 Å². The van der Waals surface area contributed by atoms with Crippen molar-refractivity contribution in [2.75, 3.05) is 13.2 Å². The van der Waals surface area contributed by atoms with Crippen molar-refractivity contribution in [3.8, 4) is 22.8 Å². The Morgan fingerprint density at radius 2 is 1.69 bits per heavy atom. The van der Waals surface area contributed by atoms with Gasteiger partial charge in [0, 0.05) is 16.1 Å². The SMILES string of the molecule is CCOc1ccc(C(=O)COc2c(-c3ccc(Cl)cc3)oc3cc(C)ccc3c2=O)cc1. The van der Waals surface area contributed by atoms with E-state index in [1.807, 2.05) is 19.9 Å². The number of carbonyl (C=O) groups excluding carboxylic acids is 1. The molecule has 0 aliphatic carbocycles. The smallest absolute Gasteiger partial charge is 0.235 e.